The zero-order valence-corrected chi connectivity index (χ0v) is 16.4. The van der Waals surface area contributed by atoms with Crippen molar-refractivity contribution < 1.29 is 33.3 Å². The van der Waals surface area contributed by atoms with Gasteiger partial charge in [-0.05, 0) is 31.5 Å². The van der Waals surface area contributed by atoms with Gasteiger partial charge in [0, 0.05) is 4.88 Å². The van der Waals surface area contributed by atoms with Gasteiger partial charge >= 0.3 is 11.9 Å². The molecule has 2 aromatic rings. The SMILES string of the molecule is COC(=O)c1c(NC(=O)COC(=O)[C@@H]2COc3ccccc3O2)sc(C)c1C. The van der Waals surface area contributed by atoms with Crippen molar-refractivity contribution in [3.8, 4) is 11.5 Å². The molecule has 1 N–H and O–H groups in total. The summed E-state index contributed by atoms with van der Waals surface area (Å²) >= 11 is 1.25. The fourth-order valence-electron chi connectivity index (χ4n) is 2.59. The second-order valence-electron chi connectivity index (χ2n) is 6.00. The lowest BCUT2D eigenvalue weighted by atomic mass is 10.1. The van der Waals surface area contributed by atoms with Gasteiger partial charge in [-0.1, -0.05) is 12.1 Å². The highest BCUT2D eigenvalue weighted by Gasteiger charge is 2.29. The first-order valence-corrected chi connectivity index (χ1v) is 9.25. The van der Waals surface area contributed by atoms with Crippen molar-refractivity contribution in [2.45, 2.75) is 20.0 Å². The lowest BCUT2D eigenvalue weighted by molar-refractivity contribution is -0.156. The maximum atomic E-state index is 12.2. The van der Waals surface area contributed by atoms with Crippen molar-refractivity contribution in [1.82, 2.24) is 0 Å². The van der Waals surface area contributed by atoms with Crippen molar-refractivity contribution in [2.75, 3.05) is 25.6 Å². The predicted molar refractivity (Wildman–Crippen MR) is 101 cm³/mol. The highest BCUT2D eigenvalue weighted by Crippen LogP contribution is 2.33. The summed E-state index contributed by atoms with van der Waals surface area (Å²) in [4.78, 5) is 37.2. The van der Waals surface area contributed by atoms with E-state index in [1.807, 2.05) is 6.92 Å². The summed E-state index contributed by atoms with van der Waals surface area (Å²) in [6.45, 7) is 3.08. The van der Waals surface area contributed by atoms with Crippen molar-refractivity contribution in [1.29, 1.82) is 0 Å². The lowest BCUT2D eigenvalue weighted by Crippen LogP contribution is -2.39. The smallest absolute Gasteiger partial charge is 0.351 e. The van der Waals surface area contributed by atoms with E-state index in [1.165, 1.54) is 18.4 Å². The summed E-state index contributed by atoms with van der Waals surface area (Å²) < 4.78 is 20.8. The third kappa shape index (κ3) is 4.09. The van der Waals surface area contributed by atoms with E-state index in [0.29, 0.717) is 22.1 Å². The van der Waals surface area contributed by atoms with E-state index in [0.717, 1.165) is 10.4 Å². The molecule has 28 heavy (non-hydrogen) atoms. The number of thiophene rings is 1. The van der Waals surface area contributed by atoms with Crippen LogP contribution in [0, 0.1) is 13.8 Å². The Hall–Kier alpha value is -3.07. The molecule has 1 amide bonds. The van der Waals surface area contributed by atoms with Crippen LogP contribution in [0.3, 0.4) is 0 Å². The highest BCUT2D eigenvalue weighted by atomic mass is 32.1. The third-order valence-electron chi connectivity index (χ3n) is 4.14. The minimum Gasteiger partial charge on any atom is -0.485 e. The van der Waals surface area contributed by atoms with E-state index in [9.17, 15) is 14.4 Å². The number of para-hydroxylation sites is 2. The molecule has 0 unspecified atom stereocenters. The largest absolute Gasteiger partial charge is 0.485 e. The van der Waals surface area contributed by atoms with Gasteiger partial charge in [0.05, 0.1) is 12.7 Å². The molecule has 0 spiro atoms. The molecular formula is C19H19NO7S. The molecule has 0 radical (unpaired) electrons. The van der Waals surface area contributed by atoms with E-state index >= 15 is 0 Å². The average Bonchev–Trinajstić information content (AvgIpc) is 2.98. The van der Waals surface area contributed by atoms with Crippen LogP contribution in [0.1, 0.15) is 20.8 Å². The second kappa shape index (κ2) is 8.30. The number of rotatable bonds is 5. The van der Waals surface area contributed by atoms with Gasteiger partial charge in [-0.3, -0.25) is 4.79 Å². The zero-order valence-electron chi connectivity index (χ0n) is 15.6. The molecule has 3 rings (SSSR count). The first-order chi connectivity index (χ1) is 13.4. The molecule has 0 aliphatic carbocycles. The Kier molecular flexibility index (Phi) is 5.84. The van der Waals surface area contributed by atoms with Crippen LogP contribution < -0.4 is 14.8 Å². The number of fused-ring (bicyclic) bond motifs is 1. The molecule has 0 saturated carbocycles. The molecule has 0 bridgehead atoms. The number of anilines is 1. The number of benzene rings is 1. The Bertz CT molecular complexity index is 921. The first kappa shape index (κ1) is 19.7. The molecule has 1 aliphatic heterocycles. The fraction of sp³-hybridized carbons (Fsp3) is 0.316. The second-order valence-corrected chi connectivity index (χ2v) is 7.22. The van der Waals surface area contributed by atoms with Crippen LogP contribution in [0.2, 0.25) is 0 Å². The lowest BCUT2D eigenvalue weighted by Gasteiger charge is -2.24. The van der Waals surface area contributed by atoms with Crippen LogP contribution in [0.4, 0.5) is 5.00 Å². The van der Waals surface area contributed by atoms with E-state index < -0.39 is 30.6 Å². The number of hydrogen-bond acceptors (Lipinski definition) is 8. The Balaban J connectivity index is 1.57. The van der Waals surface area contributed by atoms with Crippen molar-refractivity contribution in [2.24, 2.45) is 0 Å². The Morgan fingerprint density at radius 3 is 2.64 bits per heavy atom. The number of nitrogens with one attached hydrogen (secondary N) is 1. The van der Waals surface area contributed by atoms with Gasteiger partial charge in [-0.2, -0.15) is 0 Å². The molecule has 9 heteroatoms. The monoisotopic (exact) mass is 405 g/mol. The summed E-state index contributed by atoms with van der Waals surface area (Å²) in [5.41, 5.74) is 1.03. The molecule has 8 nitrogen and oxygen atoms in total. The summed E-state index contributed by atoms with van der Waals surface area (Å²) in [6, 6.07) is 6.96. The molecule has 148 valence electrons. The third-order valence-corrected chi connectivity index (χ3v) is 5.27. The summed E-state index contributed by atoms with van der Waals surface area (Å²) in [5.74, 6) is -0.843. The van der Waals surface area contributed by atoms with Crippen LogP contribution in [0.5, 0.6) is 11.5 Å². The van der Waals surface area contributed by atoms with Gasteiger partial charge in [0.25, 0.3) is 5.91 Å². The van der Waals surface area contributed by atoms with Gasteiger partial charge in [-0.25, -0.2) is 9.59 Å². The van der Waals surface area contributed by atoms with E-state index in [4.69, 9.17) is 18.9 Å². The Labute approximate surface area is 165 Å². The number of ether oxygens (including phenoxy) is 4. The van der Waals surface area contributed by atoms with Crippen molar-refractivity contribution >= 4 is 34.2 Å². The first-order valence-electron chi connectivity index (χ1n) is 8.44. The zero-order chi connectivity index (χ0) is 20.3. The summed E-state index contributed by atoms with van der Waals surface area (Å²) in [6.07, 6.45) is -0.959. The van der Waals surface area contributed by atoms with Gasteiger partial charge in [-0.15, -0.1) is 11.3 Å². The molecule has 1 aromatic carbocycles. The van der Waals surface area contributed by atoms with Gasteiger partial charge in [0.2, 0.25) is 6.10 Å². The highest BCUT2D eigenvalue weighted by molar-refractivity contribution is 7.16. The number of esters is 2. The van der Waals surface area contributed by atoms with E-state index in [1.54, 1.807) is 31.2 Å². The number of hydrogen-bond donors (Lipinski definition) is 1. The number of carbonyl (C=O) groups excluding carboxylic acids is 3. The summed E-state index contributed by atoms with van der Waals surface area (Å²) in [7, 11) is 1.27. The number of carbonyl (C=O) groups is 3. The molecule has 1 atom stereocenters. The molecule has 1 aromatic heterocycles. The number of amides is 1. The van der Waals surface area contributed by atoms with Crippen LogP contribution in [0.25, 0.3) is 0 Å². The average molecular weight is 405 g/mol. The molecule has 2 heterocycles. The molecular weight excluding hydrogens is 386 g/mol. The summed E-state index contributed by atoms with van der Waals surface area (Å²) in [5, 5.41) is 2.95. The molecule has 0 saturated heterocycles. The molecule has 1 aliphatic rings. The van der Waals surface area contributed by atoms with E-state index in [-0.39, 0.29) is 6.61 Å². The van der Waals surface area contributed by atoms with Crippen molar-refractivity contribution in [3.63, 3.8) is 0 Å². The van der Waals surface area contributed by atoms with Crippen molar-refractivity contribution in [3.05, 3.63) is 40.3 Å². The maximum absolute atomic E-state index is 12.2. The Morgan fingerprint density at radius 1 is 1.21 bits per heavy atom. The van der Waals surface area contributed by atoms with Crippen LogP contribution in [0.15, 0.2) is 24.3 Å². The number of aryl methyl sites for hydroxylation is 1. The van der Waals surface area contributed by atoms with Gasteiger partial charge in [0.15, 0.2) is 18.1 Å². The van der Waals surface area contributed by atoms with Crippen LogP contribution in [-0.4, -0.2) is 44.3 Å². The van der Waals surface area contributed by atoms with Crippen LogP contribution in [-0.2, 0) is 19.1 Å². The minimum absolute atomic E-state index is 0.00668. The van der Waals surface area contributed by atoms with Crippen LogP contribution >= 0.6 is 11.3 Å². The topological polar surface area (TPSA) is 100 Å². The Morgan fingerprint density at radius 2 is 1.93 bits per heavy atom. The minimum atomic E-state index is -0.959. The number of methoxy groups -OCH3 is 1. The quantitative estimate of drug-likeness (QED) is 0.763. The fourth-order valence-corrected chi connectivity index (χ4v) is 3.66. The normalized spacial score (nSPS) is 14.9. The standard InChI is InChI=1S/C19H19NO7S/c1-10-11(2)28-17(16(10)19(23)24-3)20-15(21)9-26-18(22)14-8-25-12-6-4-5-7-13(12)27-14/h4-7,14H,8-9H2,1-3H3,(H,20,21)/t14-/m0/s1. The molecule has 0 fully saturated rings. The van der Waals surface area contributed by atoms with Gasteiger partial charge < -0.3 is 24.3 Å². The predicted octanol–water partition coefficient (Wildman–Crippen LogP) is 2.47. The maximum Gasteiger partial charge on any atom is 0.351 e. The van der Waals surface area contributed by atoms with E-state index in [2.05, 4.69) is 5.32 Å². The van der Waals surface area contributed by atoms with Gasteiger partial charge in [0.1, 0.15) is 11.6 Å².